The minimum absolute atomic E-state index is 0.259. The van der Waals surface area contributed by atoms with E-state index in [2.05, 4.69) is 16.4 Å². The number of carbonyl (C=O) groups excluding carboxylic acids is 1. The lowest BCUT2D eigenvalue weighted by Gasteiger charge is -2.11. The fourth-order valence-corrected chi connectivity index (χ4v) is 3.95. The average molecular weight is 409 g/mol. The molecule has 0 aliphatic rings. The maximum atomic E-state index is 12.8. The zero-order chi connectivity index (χ0) is 19.5. The van der Waals surface area contributed by atoms with Gasteiger partial charge in [0.05, 0.1) is 15.8 Å². The van der Waals surface area contributed by atoms with Crippen molar-refractivity contribution >= 4 is 44.2 Å². The Hall–Kier alpha value is -2.89. The van der Waals surface area contributed by atoms with Gasteiger partial charge in [0, 0.05) is 10.6 Å². The lowest BCUT2D eigenvalue weighted by Crippen LogP contribution is -2.13. The van der Waals surface area contributed by atoms with Gasteiger partial charge >= 0.3 is 0 Å². The van der Waals surface area contributed by atoms with Crippen molar-refractivity contribution in [2.75, 3.05) is 5.32 Å². The molecule has 3 aromatic carbocycles. The van der Waals surface area contributed by atoms with E-state index in [0.29, 0.717) is 21.5 Å². The number of ether oxygens (including phenoxy) is 1. The van der Waals surface area contributed by atoms with Crippen molar-refractivity contribution in [3.63, 3.8) is 0 Å². The van der Waals surface area contributed by atoms with Crippen LogP contribution in [0.15, 0.2) is 66.7 Å². The number of carbonyl (C=O) groups is 1. The van der Waals surface area contributed by atoms with E-state index in [1.807, 2.05) is 49.4 Å². The fourth-order valence-electron chi connectivity index (χ4n) is 2.80. The SMILES string of the molecule is Cc1ccc2nc(NC(=O)c3ccccc3OCc3ccccc3Cl)sc2c1. The van der Waals surface area contributed by atoms with E-state index in [4.69, 9.17) is 16.3 Å². The van der Waals surface area contributed by atoms with E-state index < -0.39 is 0 Å². The zero-order valence-electron chi connectivity index (χ0n) is 15.1. The molecule has 1 aromatic heterocycles. The van der Waals surface area contributed by atoms with Gasteiger partial charge in [-0.2, -0.15) is 0 Å². The number of benzene rings is 3. The van der Waals surface area contributed by atoms with Crippen molar-refractivity contribution in [2.45, 2.75) is 13.5 Å². The summed E-state index contributed by atoms with van der Waals surface area (Å²) in [5.74, 6) is 0.238. The van der Waals surface area contributed by atoms with Crippen LogP contribution >= 0.6 is 22.9 Å². The molecule has 0 fully saturated rings. The molecular formula is C22H17ClN2O2S. The predicted octanol–water partition coefficient (Wildman–Crippen LogP) is 6.09. The van der Waals surface area contributed by atoms with Crippen LogP contribution in [-0.4, -0.2) is 10.9 Å². The Balaban J connectivity index is 1.53. The van der Waals surface area contributed by atoms with E-state index in [0.717, 1.165) is 21.3 Å². The third kappa shape index (κ3) is 4.01. The summed E-state index contributed by atoms with van der Waals surface area (Å²) in [6.45, 7) is 2.31. The molecule has 1 heterocycles. The summed E-state index contributed by atoms with van der Waals surface area (Å²) >= 11 is 7.63. The molecule has 0 aliphatic heterocycles. The van der Waals surface area contributed by atoms with Gasteiger partial charge < -0.3 is 4.74 Å². The smallest absolute Gasteiger partial charge is 0.261 e. The van der Waals surface area contributed by atoms with Gasteiger partial charge in [0.15, 0.2) is 5.13 Å². The predicted molar refractivity (Wildman–Crippen MR) is 115 cm³/mol. The summed E-state index contributed by atoms with van der Waals surface area (Å²) in [4.78, 5) is 17.3. The van der Waals surface area contributed by atoms with Gasteiger partial charge in [-0.1, -0.05) is 59.3 Å². The largest absolute Gasteiger partial charge is 0.488 e. The molecule has 6 heteroatoms. The molecule has 0 bridgehead atoms. The van der Waals surface area contributed by atoms with Crippen LogP contribution in [0.25, 0.3) is 10.2 Å². The Morgan fingerprint density at radius 2 is 1.89 bits per heavy atom. The van der Waals surface area contributed by atoms with Gasteiger partial charge in [-0.25, -0.2) is 4.98 Å². The number of fused-ring (bicyclic) bond motifs is 1. The number of amides is 1. The lowest BCUT2D eigenvalue weighted by molar-refractivity contribution is 0.102. The number of anilines is 1. The van der Waals surface area contributed by atoms with Crippen molar-refractivity contribution in [3.05, 3.63) is 88.4 Å². The molecule has 0 radical (unpaired) electrons. The Bertz CT molecular complexity index is 1160. The zero-order valence-corrected chi connectivity index (χ0v) is 16.7. The van der Waals surface area contributed by atoms with E-state index >= 15 is 0 Å². The van der Waals surface area contributed by atoms with E-state index in [9.17, 15) is 4.79 Å². The molecule has 1 N–H and O–H groups in total. The van der Waals surface area contributed by atoms with E-state index in [1.54, 1.807) is 18.2 Å². The molecule has 0 unspecified atom stereocenters. The molecule has 0 spiro atoms. The lowest BCUT2D eigenvalue weighted by atomic mass is 10.2. The van der Waals surface area contributed by atoms with E-state index in [1.165, 1.54) is 11.3 Å². The highest BCUT2D eigenvalue weighted by Gasteiger charge is 2.15. The fraction of sp³-hybridized carbons (Fsp3) is 0.0909. The second-order valence-electron chi connectivity index (χ2n) is 6.32. The normalized spacial score (nSPS) is 10.8. The minimum Gasteiger partial charge on any atom is -0.488 e. The standard InChI is InChI=1S/C22H17ClN2O2S/c1-14-10-11-18-20(12-14)28-22(24-18)25-21(26)16-7-3-5-9-19(16)27-13-15-6-2-4-8-17(15)23/h2-12H,13H2,1H3,(H,24,25,26). The molecule has 0 atom stereocenters. The molecule has 0 aliphatic carbocycles. The highest BCUT2D eigenvalue weighted by molar-refractivity contribution is 7.22. The topological polar surface area (TPSA) is 51.2 Å². The highest BCUT2D eigenvalue weighted by atomic mass is 35.5. The molecule has 1 amide bonds. The molecular weight excluding hydrogens is 392 g/mol. The quantitative estimate of drug-likeness (QED) is 0.434. The van der Waals surface area contributed by atoms with Crippen LogP contribution in [-0.2, 0) is 6.61 Å². The average Bonchev–Trinajstić information content (AvgIpc) is 3.09. The molecule has 140 valence electrons. The van der Waals surface area contributed by atoms with Crippen LogP contribution in [0.5, 0.6) is 5.75 Å². The van der Waals surface area contributed by atoms with Crippen molar-refractivity contribution in [3.8, 4) is 5.75 Å². The third-order valence-corrected chi connectivity index (χ3v) is 5.54. The number of nitrogens with one attached hydrogen (secondary N) is 1. The number of hydrogen-bond donors (Lipinski definition) is 1. The third-order valence-electron chi connectivity index (χ3n) is 4.24. The van der Waals surface area contributed by atoms with Crippen LogP contribution in [0.2, 0.25) is 5.02 Å². The summed E-state index contributed by atoms with van der Waals surface area (Å²) in [6.07, 6.45) is 0. The number of hydrogen-bond acceptors (Lipinski definition) is 4. The number of thiazole rings is 1. The van der Waals surface area contributed by atoms with Gasteiger partial charge in [-0.3, -0.25) is 10.1 Å². The van der Waals surface area contributed by atoms with Crippen LogP contribution < -0.4 is 10.1 Å². The summed E-state index contributed by atoms with van der Waals surface area (Å²) < 4.78 is 6.92. The minimum atomic E-state index is -0.259. The maximum Gasteiger partial charge on any atom is 0.261 e. The number of halogens is 1. The Morgan fingerprint density at radius 1 is 1.11 bits per heavy atom. The molecule has 0 saturated carbocycles. The number of rotatable bonds is 5. The van der Waals surface area contributed by atoms with Crippen LogP contribution in [0.3, 0.4) is 0 Å². The van der Waals surface area contributed by atoms with Gasteiger partial charge in [0.2, 0.25) is 0 Å². The van der Waals surface area contributed by atoms with Crippen molar-refractivity contribution in [1.82, 2.24) is 4.98 Å². The number of aryl methyl sites for hydroxylation is 1. The highest BCUT2D eigenvalue weighted by Crippen LogP contribution is 2.28. The first kappa shape index (κ1) is 18.5. The number of para-hydroxylation sites is 1. The second kappa shape index (κ2) is 8.00. The van der Waals surface area contributed by atoms with Gasteiger partial charge in [0.1, 0.15) is 12.4 Å². The molecule has 28 heavy (non-hydrogen) atoms. The first-order valence-corrected chi connectivity index (χ1v) is 9.93. The molecule has 0 saturated heterocycles. The maximum absolute atomic E-state index is 12.8. The van der Waals surface area contributed by atoms with Gasteiger partial charge in [-0.05, 0) is 42.8 Å². The van der Waals surface area contributed by atoms with Crippen molar-refractivity contribution < 1.29 is 9.53 Å². The first-order chi connectivity index (χ1) is 13.6. The summed E-state index contributed by atoms with van der Waals surface area (Å²) in [6, 6.07) is 20.6. The summed E-state index contributed by atoms with van der Waals surface area (Å²) in [5.41, 5.74) is 3.34. The summed E-state index contributed by atoms with van der Waals surface area (Å²) in [7, 11) is 0. The Kier molecular flexibility index (Phi) is 5.28. The van der Waals surface area contributed by atoms with Crippen LogP contribution in [0.1, 0.15) is 21.5 Å². The van der Waals surface area contributed by atoms with E-state index in [-0.39, 0.29) is 12.5 Å². The van der Waals surface area contributed by atoms with Crippen molar-refractivity contribution in [1.29, 1.82) is 0 Å². The van der Waals surface area contributed by atoms with Gasteiger partial charge in [0.25, 0.3) is 5.91 Å². The molecule has 4 rings (SSSR count). The van der Waals surface area contributed by atoms with Crippen LogP contribution in [0, 0.1) is 6.92 Å². The number of nitrogens with zero attached hydrogens (tertiary/aromatic N) is 1. The van der Waals surface area contributed by atoms with Gasteiger partial charge in [-0.15, -0.1) is 0 Å². The van der Waals surface area contributed by atoms with Crippen LogP contribution in [0.4, 0.5) is 5.13 Å². The monoisotopic (exact) mass is 408 g/mol. The Morgan fingerprint density at radius 3 is 2.75 bits per heavy atom. The summed E-state index contributed by atoms with van der Waals surface area (Å²) in [5, 5.41) is 4.07. The van der Waals surface area contributed by atoms with Crippen molar-refractivity contribution in [2.24, 2.45) is 0 Å². The molecule has 4 aromatic rings. The Labute approximate surface area is 171 Å². The first-order valence-electron chi connectivity index (χ1n) is 8.74. The number of aromatic nitrogens is 1. The molecule has 4 nitrogen and oxygen atoms in total. The second-order valence-corrected chi connectivity index (χ2v) is 7.76.